The summed E-state index contributed by atoms with van der Waals surface area (Å²) in [6.07, 6.45) is 4.38. The zero-order valence-electron chi connectivity index (χ0n) is 10.6. The van der Waals surface area contributed by atoms with Crippen LogP contribution in [-0.2, 0) is 4.79 Å². The van der Waals surface area contributed by atoms with Crippen molar-refractivity contribution < 1.29 is 9.90 Å². The molecule has 19 heavy (non-hydrogen) atoms. The molecule has 0 saturated carbocycles. The first kappa shape index (κ1) is 14.6. The lowest BCUT2D eigenvalue weighted by molar-refractivity contribution is -0.143. The quantitative estimate of drug-likeness (QED) is 0.917. The van der Waals surface area contributed by atoms with E-state index in [4.69, 9.17) is 23.2 Å². The van der Waals surface area contributed by atoms with Gasteiger partial charge in [0.05, 0.1) is 0 Å². The number of nitrogens with zero attached hydrogens (tertiary/aromatic N) is 1. The molecular formula is C14H17Cl2NO2. The minimum Gasteiger partial charge on any atom is -0.480 e. The highest BCUT2D eigenvalue weighted by atomic mass is 35.5. The van der Waals surface area contributed by atoms with Gasteiger partial charge in [0, 0.05) is 15.6 Å². The van der Waals surface area contributed by atoms with Crippen LogP contribution in [0, 0.1) is 0 Å². The van der Waals surface area contributed by atoms with Crippen LogP contribution < -0.4 is 0 Å². The largest absolute Gasteiger partial charge is 0.480 e. The number of carboxylic acids is 1. The molecule has 1 aliphatic rings. The minimum absolute atomic E-state index is 0.459. The van der Waals surface area contributed by atoms with Gasteiger partial charge >= 0.3 is 5.97 Å². The molecule has 0 bridgehead atoms. The Bertz CT molecular complexity index is 457. The number of carboxylic acid groups (broad SMARTS) is 1. The highest BCUT2D eigenvalue weighted by molar-refractivity contribution is 6.33. The van der Waals surface area contributed by atoms with Gasteiger partial charge in [0.2, 0.25) is 0 Å². The van der Waals surface area contributed by atoms with Crippen molar-refractivity contribution >= 4 is 29.2 Å². The highest BCUT2D eigenvalue weighted by Crippen LogP contribution is 2.31. The fourth-order valence-corrected chi connectivity index (χ4v) is 2.96. The van der Waals surface area contributed by atoms with Gasteiger partial charge in [0.15, 0.2) is 0 Å². The fraction of sp³-hybridized carbons (Fsp3) is 0.500. The van der Waals surface area contributed by atoms with Gasteiger partial charge in [-0.1, -0.05) is 36.0 Å². The second-order valence-corrected chi connectivity index (χ2v) is 5.70. The number of benzene rings is 1. The van der Waals surface area contributed by atoms with E-state index in [1.54, 1.807) is 18.2 Å². The van der Waals surface area contributed by atoms with Crippen LogP contribution in [0.3, 0.4) is 0 Å². The number of hydrogen-bond acceptors (Lipinski definition) is 2. The minimum atomic E-state index is -0.869. The molecule has 3 nitrogen and oxygen atoms in total. The molecule has 0 radical (unpaired) electrons. The van der Waals surface area contributed by atoms with E-state index >= 15 is 0 Å². The molecule has 1 atom stereocenters. The Labute approximate surface area is 123 Å². The first-order chi connectivity index (χ1) is 9.09. The van der Waals surface area contributed by atoms with E-state index in [0.717, 1.165) is 38.8 Å². The van der Waals surface area contributed by atoms with Crippen LogP contribution in [0.5, 0.6) is 0 Å². The van der Waals surface area contributed by atoms with Gasteiger partial charge in [-0.2, -0.15) is 0 Å². The number of hydrogen-bond donors (Lipinski definition) is 1. The molecule has 1 aromatic rings. The number of carbonyl (C=O) groups is 1. The third-order valence-corrected chi connectivity index (χ3v) is 4.07. The zero-order valence-corrected chi connectivity index (χ0v) is 12.1. The Morgan fingerprint density at radius 1 is 1.16 bits per heavy atom. The molecule has 2 rings (SSSR count). The molecule has 1 N–H and O–H groups in total. The van der Waals surface area contributed by atoms with E-state index in [0.29, 0.717) is 15.6 Å². The second-order valence-electron chi connectivity index (χ2n) is 4.86. The second kappa shape index (κ2) is 6.60. The summed E-state index contributed by atoms with van der Waals surface area (Å²) in [7, 11) is 0. The summed E-state index contributed by atoms with van der Waals surface area (Å²) in [6.45, 7) is 1.58. The van der Waals surface area contributed by atoms with Crippen LogP contribution in [0.4, 0.5) is 0 Å². The van der Waals surface area contributed by atoms with E-state index < -0.39 is 12.0 Å². The van der Waals surface area contributed by atoms with Crippen molar-refractivity contribution in [3.05, 3.63) is 33.8 Å². The zero-order chi connectivity index (χ0) is 13.8. The van der Waals surface area contributed by atoms with E-state index in [1.807, 2.05) is 4.90 Å². The molecule has 0 spiro atoms. The molecular weight excluding hydrogens is 285 g/mol. The van der Waals surface area contributed by atoms with Crippen LogP contribution in [0.1, 0.15) is 37.3 Å². The van der Waals surface area contributed by atoms with Crippen LogP contribution in [-0.4, -0.2) is 29.1 Å². The lowest BCUT2D eigenvalue weighted by Gasteiger charge is -2.28. The standard InChI is InChI=1S/C14H17Cl2NO2/c15-10-5-6-12(16)11(9-10)13(14(18)19)17-7-3-1-2-4-8-17/h5-6,9,13H,1-4,7-8H2,(H,18,19). The topological polar surface area (TPSA) is 40.5 Å². The van der Waals surface area contributed by atoms with Gasteiger partial charge in [0.1, 0.15) is 6.04 Å². The smallest absolute Gasteiger partial charge is 0.325 e. The third-order valence-electron chi connectivity index (χ3n) is 3.49. The summed E-state index contributed by atoms with van der Waals surface area (Å²) in [6, 6.07) is 4.29. The van der Waals surface area contributed by atoms with Gasteiger partial charge in [-0.3, -0.25) is 9.69 Å². The van der Waals surface area contributed by atoms with Crippen LogP contribution in [0.15, 0.2) is 18.2 Å². The number of halogens is 2. The Morgan fingerprint density at radius 2 is 1.79 bits per heavy atom. The Balaban J connectivity index is 2.33. The summed E-state index contributed by atoms with van der Waals surface area (Å²) in [5.74, 6) is -0.869. The summed E-state index contributed by atoms with van der Waals surface area (Å²) < 4.78 is 0. The summed E-state index contributed by atoms with van der Waals surface area (Å²) in [5.41, 5.74) is 0.587. The molecule has 0 aromatic heterocycles. The van der Waals surface area contributed by atoms with Crippen molar-refractivity contribution in [2.45, 2.75) is 31.7 Å². The first-order valence-electron chi connectivity index (χ1n) is 6.51. The maximum absolute atomic E-state index is 11.6. The maximum atomic E-state index is 11.6. The highest BCUT2D eigenvalue weighted by Gasteiger charge is 2.29. The number of rotatable bonds is 3. The molecule has 0 amide bonds. The Hall–Kier alpha value is -0.770. The van der Waals surface area contributed by atoms with Crippen LogP contribution in [0.2, 0.25) is 10.0 Å². The van der Waals surface area contributed by atoms with Gasteiger partial charge < -0.3 is 5.11 Å². The SMILES string of the molecule is O=C(O)C(c1cc(Cl)ccc1Cl)N1CCCCCC1. The molecule has 1 fully saturated rings. The molecule has 1 aliphatic heterocycles. The van der Waals surface area contributed by atoms with Crippen LogP contribution >= 0.6 is 23.2 Å². The van der Waals surface area contributed by atoms with Crippen molar-refractivity contribution in [2.24, 2.45) is 0 Å². The predicted molar refractivity (Wildman–Crippen MR) is 76.9 cm³/mol. The summed E-state index contributed by atoms with van der Waals surface area (Å²) >= 11 is 12.1. The lowest BCUT2D eigenvalue weighted by Crippen LogP contribution is -2.35. The third kappa shape index (κ3) is 3.62. The first-order valence-corrected chi connectivity index (χ1v) is 7.27. The van der Waals surface area contributed by atoms with Crippen molar-refractivity contribution in [3.8, 4) is 0 Å². The van der Waals surface area contributed by atoms with Crippen molar-refractivity contribution in [2.75, 3.05) is 13.1 Å². The van der Waals surface area contributed by atoms with E-state index in [-0.39, 0.29) is 0 Å². The number of likely N-dealkylation sites (tertiary alicyclic amines) is 1. The average Bonchev–Trinajstić information content (AvgIpc) is 2.62. The summed E-state index contributed by atoms with van der Waals surface area (Å²) in [5, 5.41) is 10.5. The van der Waals surface area contributed by atoms with Crippen molar-refractivity contribution in [1.82, 2.24) is 4.90 Å². The molecule has 1 heterocycles. The molecule has 1 aromatic carbocycles. The van der Waals surface area contributed by atoms with E-state index in [9.17, 15) is 9.90 Å². The molecule has 1 saturated heterocycles. The molecule has 1 unspecified atom stereocenters. The molecule has 0 aliphatic carbocycles. The van der Waals surface area contributed by atoms with Crippen molar-refractivity contribution in [1.29, 1.82) is 0 Å². The Morgan fingerprint density at radius 3 is 2.37 bits per heavy atom. The van der Waals surface area contributed by atoms with Gasteiger partial charge in [0.25, 0.3) is 0 Å². The van der Waals surface area contributed by atoms with Gasteiger partial charge in [-0.25, -0.2) is 0 Å². The Kier molecular flexibility index (Phi) is 5.08. The number of aliphatic carboxylic acids is 1. The molecule has 104 valence electrons. The molecule has 5 heteroatoms. The van der Waals surface area contributed by atoms with Crippen molar-refractivity contribution in [3.63, 3.8) is 0 Å². The van der Waals surface area contributed by atoms with E-state index in [2.05, 4.69) is 0 Å². The lowest BCUT2D eigenvalue weighted by atomic mass is 10.0. The predicted octanol–water partition coefficient (Wildman–Crippen LogP) is 4.00. The van der Waals surface area contributed by atoms with Crippen LogP contribution in [0.25, 0.3) is 0 Å². The fourth-order valence-electron chi connectivity index (χ4n) is 2.56. The van der Waals surface area contributed by atoms with Gasteiger partial charge in [-0.15, -0.1) is 0 Å². The average molecular weight is 302 g/mol. The van der Waals surface area contributed by atoms with Gasteiger partial charge in [-0.05, 0) is 44.1 Å². The van der Waals surface area contributed by atoms with E-state index in [1.165, 1.54) is 0 Å². The monoisotopic (exact) mass is 301 g/mol. The summed E-state index contributed by atoms with van der Waals surface area (Å²) in [4.78, 5) is 13.6. The normalized spacial score (nSPS) is 18.8. The maximum Gasteiger partial charge on any atom is 0.325 e.